The molecule has 1 heterocycles. The summed E-state index contributed by atoms with van der Waals surface area (Å²) in [6.07, 6.45) is 0.811. The van der Waals surface area contributed by atoms with Gasteiger partial charge in [-0.1, -0.05) is 6.92 Å². The van der Waals surface area contributed by atoms with Gasteiger partial charge in [-0.05, 0) is 43.5 Å². The van der Waals surface area contributed by atoms with Crippen LogP contribution in [0.15, 0.2) is 24.3 Å². The Bertz CT molecular complexity index is 641. The number of urea groups is 1. The quantitative estimate of drug-likeness (QED) is 0.391. The van der Waals surface area contributed by atoms with Crippen molar-refractivity contribution < 1.29 is 53.1 Å². The van der Waals surface area contributed by atoms with Crippen LogP contribution in [0.1, 0.15) is 43.0 Å². The number of rotatable bonds is 6. The maximum atomic E-state index is 12.8. The molecule has 1 aromatic carbocycles. The van der Waals surface area contributed by atoms with E-state index in [1.807, 2.05) is 0 Å². The minimum atomic E-state index is -1.34. The largest absolute Gasteiger partial charge is 1.00 e. The monoisotopic (exact) mass is 343 g/mol. The molecule has 0 aromatic heterocycles. The van der Waals surface area contributed by atoms with E-state index < -0.39 is 29.1 Å². The van der Waals surface area contributed by atoms with Gasteiger partial charge in [0, 0.05) is 12.0 Å². The molecule has 4 amide bonds. The molecule has 2 rings (SSSR count). The molecule has 8 heteroatoms. The standard InChI is InChI=1S/C16H17FN2O4.Na/c1-2-16(13(21)18-15(23)19-14(16)22)9-3-4-12(20)10-5-7-11(17)8-6-10;/h5-8H,2-4,9H2,1H3,(H2,18,19,21,22,23);/q;+1. The average Bonchev–Trinajstić information content (AvgIpc) is 2.50. The summed E-state index contributed by atoms with van der Waals surface area (Å²) >= 11 is 0. The fourth-order valence-corrected chi connectivity index (χ4v) is 2.64. The van der Waals surface area contributed by atoms with Crippen LogP contribution in [0, 0.1) is 11.2 Å². The maximum Gasteiger partial charge on any atom is 1.00 e. The Morgan fingerprint density at radius 2 is 1.62 bits per heavy atom. The Morgan fingerprint density at radius 3 is 2.12 bits per heavy atom. The number of nitrogens with one attached hydrogen (secondary N) is 2. The molecular weight excluding hydrogens is 326 g/mol. The number of halogens is 1. The molecule has 1 saturated heterocycles. The van der Waals surface area contributed by atoms with Gasteiger partial charge in [-0.15, -0.1) is 0 Å². The van der Waals surface area contributed by atoms with Crippen LogP contribution in [0.4, 0.5) is 9.18 Å². The number of ketones is 1. The topological polar surface area (TPSA) is 92.3 Å². The van der Waals surface area contributed by atoms with Crippen LogP contribution in [0.5, 0.6) is 0 Å². The van der Waals surface area contributed by atoms with Crippen LogP contribution >= 0.6 is 0 Å². The summed E-state index contributed by atoms with van der Waals surface area (Å²) in [7, 11) is 0. The summed E-state index contributed by atoms with van der Waals surface area (Å²) in [4.78, 5) is 47.2. The predicted octanol–water partition coefficient (Wildman–Crippen LogP) is -1.05. The molecule has 1 fully saturated rings. The Hall–Kier alpha value is -1.57. The van der Waals surface area contributed by atoms with Crippen LogP contribution in [-0.4, -0.2) is 23.6 Å². The van der Waals surface area contributed by atoms with Crippen molar-refractivity contribution in [3.8, 4) is 0 Å². The minimum Gasteiger partial charge on any atom is -0.294 e. The molecule has 0 radical (unpaired) electrons. The van der Waals surface area contributed by atoms with Gasteiger partial charge in [-0.25, -0.2) is 9.18 Å². The zero-order chi connectivity index (χ0) is 17.0. The van der Waals surface area contributed by atoms with Gasteiger partial charge in [0.25, 0.3) is 0 Å². The molecule has 0 saturated carbocycles. The molecule has 0 aliphatic carbocycles. The zero-order valence-corrected chi connectivity index (χ0v) is 15.6. The van der Waals surface area contributed by atoms with Gasteiger partial charge in [0.05, 0.1) is 0 Å². The van der Waals surface area contributed by atoms with Crippen LogP contribution in [0.3, 0.4) is 0 Å². The van der Waals surface area contributed by atoms with Gasteiger partial charge in [0.15, 0.2) is 5.78 Å². The third-order valence-electron chi connectivity index (χ3n) is 4.10. The summed E-state index contributed by atoms with van der Waals surface area (Å²) in [6.45, 7) is 1.68. The molecule has 24 heavy (non-hydrogen) atoms. The van der Waals surface area contributed by atoms with Crippen molar-refractivity contribution in [2.45, 2.75) is 32.6 Å². The molecule has 1 aliphatic rings. The van der Waals surface area contributed by atoms with Gasteiger partial charge in [-0.3, -0.25) is 25.0 Å². The second-order valence-corrected chi connectivity index (χ2v) is 5.46. The number of Topliss-reactive ketones (excluding diaryl/α,β-unsaturated/α-hetero) is 1. The van der Waals surface area contributed by atoms with Crippen LogP contribution in [-0.2, 0) is 9.59 Å². The number of imide groups is 2. The first-order chi connectivity index (χ1) is 10.9. The first-order valence-corrected chi connectivity index (χ1v) is 7.34. The van der Waals surface area contributed by atoms with Gasteiger partial charge >= 0.3 is 35.6 Å². The molecule has 122 valence electrons. The first kappa shape index (κ1) is 20.5. The van der Waals surface area contributed by atoms with E-state index in [1.165, 1.54) is 24.3 Å². The van der Waals surface area contributed by atoms with E-state index in [0.717, 1.165) is 0 Å². The van der Waals surface area contributed by atoms with Crippen molar-refractivity contribution in [2.24, 2.45) is 5.41 Å². The minimum absolute atomic E-state index is 0. The molecular formula is C16H17FN2NaO4+. The van der Waals surface area contributed by atoms with Gasteiger partial charge in [0.2, 0.25) is 11.8 Å². The normalized spacial score (nSPS) is 16.0. The Labute approximate surface area is 160 Å². The zero-order valence-electron chi connectivity index (χ0n) is 13.6. The summed E-state index contributed by atoms with van der Waals surface area (Å²) in [6, 6.07) is 4.37. The molecule has 6 nitrogen and oxygen atoms in total. The van der Waals surface area contributed by atoms with Crippen molar-refractivity contribution >= 4 is 23.6 Å². The number of hydrogen-bond acceptors (Lipinski definition) is 4. The Morgan fingerprint density at radius 1 is 1.08 bits per heavy atom. The molecule has 0 spiro atoms. The van der Waals surface area contributed by atoms with Gasteiger partial charge in [-0.2, -0.15) is 0 Å². The number of carbonyl (C=O) groups excluding carboxylic acids is 4. The number of benzene rings is 1. The molecule has 0 unspecified atom stereocenters. The number of hydrogen-bond donors (Lipinski definition) is 2. The van der Waals surface area contributed by atoms with Gasteiger partial charge < -0.3 is 0 Å². The van der Waals surface area contributed by atoms with Crippen LogP contribution in [0.2, 0.25) is 0 Å². The smallest absolute Gasteiger partial charge is 0.294 e. The third kappa shape index (κ3) is 4.28. The third-order valence-corrected chi connectivity index (χ3v) is 4.10. The van der Waals surface area contributed by atoms with E-state index >= 15 is 0 Å². The van der Waals surface area contributed by atoms with Crippen molar-refractivity contribution in [3.63, 3.8) is 0 Å². The summed E-state index contributed by atoms with van der Waals surface area (Å²) in [5.41, 5.74) is -0.957. The van der Waals surface area contributed by atoms with E-state index in [-0.39, 0.29) is 54.6 Å². The molecule has 1 aliphatic heterocycles. The molecule has 1 aromatic rings. The number of amides is 4. The SMILES string of the molecule is CCC1(CCCC(=O)c2ccc(F)cc2)C(=O)NC(=O)NC1=O.[Na+]. The van der Waals surface area contributed by atoms with E-state index in [9.17, 15) is 23.6 Å². The Balaban J connectivity index is 0.00000288. The molecule has 0 atom stereocenters. The fraction of sp³-hybridized carbons (Fsp3) is 0.375. The fourth-order valence-electron chi connectivity index (χ4n) is 2.64. The van der Waals surface area contributed by atoms with E-state index in [2.05, 4.69) is 10.6 Å². The van der Waals surface area contributed by atoms with Crippen molar-refractivity contribution in [2.75, 3.05) is 0 Å². The molecule has 2 N–H and O–H groups in total. The predicted molar refractivity (Wildman–Crippen MR) is 79.0 cm³/mol. The van der Waals surface area contributed by atoms with Crippen molar-refractivity contribution in [1.29, 1.82) is 0 Å². The van der Waals surface area contributed by atoms with Crippen LogP contribution < -0.4 is 40.2 Å². The van der Waals surface area contributed by atoms with E-state index in [1.54, 1.807) is 6.92 Å². The maximum absolute atomic E-state index is 12.8. The first-order valence-electron chi connectivity index (χ1n) is 7.34. The van der Waals surface area contributed by atoms with E-state index in [0.29, 0.717) is 12.0 Å². The summed E-state index contributed by atoms with van der Waals surface area (Å²) in [5, 5.41) is 4.18. The Kier molecular flexibility index (Phi) is 7.26. The van der Waals surface area contributed by atoms with Crippen LogP contribution in [0.25, 0.3) is 0 Å². The van der Waals surface area contributed by atoms with Gasteiger partial charge in [0.1, 0.15) is 11.2 Å². The second-order valence-electron chi connectivity index (χ2n) is 5.46. The number of barbiturate groups is 1. The summed E-state index contributed by atoms with van der Waals surface area (Å²) < 4.78 is 12.8. The molecule has 0 bridgehead atoms. The van der Waals surface area contributed by atoms with Crippen molar-refractivity contribution in [1.82, 2.24) is 10.6 Å². The summed E-state index contributed by atoms with van der Waals surface area (Å²) in [5.74, 6) is -1.89. The number of carbonyl (C=O) groups is 4. The van der Waals surface area contributed by atoms with E-state index in [4.69, 9.17) is 0 Å². The van der Waals surface area contributed by atoms with Crippen molar-refractivity contribution in [3.05, 3.63) is 35.6 Å². The average molecular weight is 343 g/mol. The second kappa shape index (κ2) is 8.50.